The third-order valence-electron chi connectivity index (χ3n) is 2.80. The van der Waals surface area contributed by atoms with Gasteiger partial charge in [0.05, 0.1) is 30.1 Å². The average Bonchev–Trinajstić information content (AvgIpc) is 2.46. The van der Waals surface area contributed by atoms with Gasteiger partial charge in [0.1, 0.15) is 5.75 Å². The van der Waals surface area contributed by atoms with Gasteiger partial charge in [-0.15, -0.1) is 0 Å². The minimum atomic E-state index is 0.614. The van der Waals surface area contributed by atoms with Gasteiger partial charge < -0.3 is 14.8 Å². The summed E-state index contributed by atoms with van der Waals surface area (Å²) >= 11 is 6.99. The second-order valence-corrected chi connectivity index (χ2v) is 6.02. The summed E-state index contributed by atoms with van der Waals surface area (Å²) in [4.78, 5) is 4.22. The third-order valence-corrected chi connectivity index (χ3v) is 3.85. The number of benzene rings is 1. The lowest BCUT2D eigenvalue weighted by Gasteiger charge is -2.13. The van der Waals surface area contributed by atoms with E-state index < -0.39 is 0 Å². The molecule has 4 nitrogen and oxygen atoms in total. The molecule has 112 valence electrons. The minimum absolute atomic E-state index is 0.614. The highest BCUT2D eigenvalue weighted by Gasteiger charge is 2.09. The van der Waals surface area contributed by atoms with Crippen LogP contribution in [0.4, 0.5) is 5.69 Å². The van der Waals surface area contributed by atoms with Gasteiger partial charge in [-0.2, -0.15) is 0 Å². The van der Waals surface area contributed by atoms with Gasteiger partial charge in [0, 0.05) is 22.6 Å². The molecule has 0 fully saturated rings. The number of pyridine rings is 1. The predicted molar refractivity (Wildman–Crippen MR) is 91.1 cm³/mol. The van der Waals surface area contributed by atoms with Crippen molar-refractivity contribution in [3.63, 3.8) is 0 Å². The first kappa shape index (κ1) is 16.1. The van der Waals surface area contributed by atoms with E-state index >= 15 is 0 Å². The van der Waals surface area contributed by atoms with Gasteiger partial charge in [-0.3, -0.25) is 0 Å². The predicted octanol–water partition coefficient (Wildman–Crippen LogP) is 4.63. The number of methoxy groups -OCH3 is 1. The lowest BCUT2D eigenvalue weighted by atomic mass is 10.2. The SMILES string of the molecule is CCOc1ccc(NCc2cc(Br)cc(Br)c2OC)cn1. The van der Waals surface area contributed by atoms with E-state index in [9.17, 15) is 0 Å². The zero-order valence-electron chi connectivity index (χ0n) is 11.8. The van der Waals surface area contributed by atoms with Crippen molar-refractivity contribution < 1.29 is 9.47 Å². The lowest BCUT2D eigenvalue weighted by molar-refractivity contribution is 0.327. The van der Waals surface area contributed by atoms with Crippen molar-refractivity contribution in [1.29, 1.82) is 0 Å². The summed E-state index contributed by atoms with van der Waals surface area (Å²) in [7, 11) is 1.66. The lowest BCUT2D eigenvalue weighted by Crippen LogP contribution is -2.03. The molecule has 21 heavy (non-hydrogen) atoms. The van der Waals surface area contributed by atoms with Gasteiger partial charge in [0.25, 0.3) is 0 Å². The molecule has 0 saturated heterocycles. The first-order valence-corrected chi connectivity index (χ1v) is 8.07. The zero-order chi connectivity index (χ0) is 15.2. The van der Waals surface area contributed by atoms with Crippen molar-refractivity contribution in [3.8, 4) is 11.6 Å². The Hall–Kier alpha value is -1.27. The highest BCUT2D eigenvalue weighted by molar-refractivity contribution is 9.11. The van der Waals surface area contributed by atoms with Crippen LogP contribution in [0.2, 0.25) is 0 Å². The number of ether oxygens (including phenoxy) is 2. The molecule has 1 heterocycles. The summed E-state index contributed by atoms with van der Waals surface area (Å²) in [5.41, 5.74) is 1.98. The fourth-order valence-electron chi connectivity index (χ4n) is 1.89. The minimum Gasteiger partial charge on any atom is -0.495 e. The first-order valence-electron chi connectivity index (χ1n) is 6.48. The highest BCUT2D eigenvalue weighted by atomic mass is 79.9. The maximum Gasteiger partial charge on any atom is 0.213 e. The third kappa shape index (κ3) is 4.35. The molecule has 6 heteroatoms. The Kier molecular flexibility index (Phi) is 5.87. The standard InChI is InChI=1S/C15H16Br2N2O2/c1-3-21-14-5-4-12(9-19-14)18-8-10-6-11(16)7-13(17)15(10)20-2/h4-7,9,18H,3,8H2,1-2H3. The molecular formula is C15H16Br2N2O2. The highest BCUT2D eigenvalue weighted by Crippen LogP contribution is 2.33. The van der Waals surface area contributed by atoms with E-state index in [-0.39, 0.29) is 0 Å². The number of nitrogens with zero attached hydrogens (tertiary/aromatic N) is 1. The van der Waals surface area contributed by atoms with Crippen LogP contribution in [0.25, 0.3) is 0 Å². The van der Waals surface area contributed by atoms with Crippen molar-refractivity contribution in [2.75, 3.05) is 19.0 Å². The summed E-state index contributed by atoms with van der Waals surface area (Å²) in [6.45, 7) is 3.19. The Labute approximate surface area is 141 Å². The van der Waals surface area contributed by atoms with Crippen LogP contribution in [0.1, 0.15) is 12.5 Å². The van der Waals surface area contributed by atoms with Crippen LogP contribution in [0.5, 0.6) is 11.6 Å². The van der Waals surface area contributed by atoms with E-state index in [4.69, 9.17) is 9.47 Å². The van der Waals surface area contributed by atoms with Crippen molar-refractivity contribution in [2.24, 2.45) is 0 Å². The van der Waals surface area contributed by atoms with Gasteiger partial charge >= 0.3 is 0 Å². The van der Waals surface area contributed by atoms with Crippen LogP contribution >= 0.6 is 31.9 Å². The molecule has 0 bridgehead atoms. The average molecular weight is 416 g/mol. The molecule has 0 radical (unpaired) electrons. The topological polar surface area (TPSA) is 43.4 Å². The molecule has 0 amide bonds. The van der Waals surface area contributed by atoms with Gasteiger partial charge in [-0.1, -0.05) is 15.9 Å². The smallest absolute Gasteiger partial charge is 0.213 e. The second kappa shape index (κ2) is 7.66. The van der Waals surface area contributed by atoms with Gasteiger partial charge in [0.2, 0.25) is 5.88 Å². The summed E-state index contributed by atoms with van der Waals surface area (Å²) in [5, 5.41) is 3.32. The molecule has 0 spiro atoms. The zero-order valence-corrected chi connectivity index (χ0v) is 15.0. The number of rotatable bonds is 6. The number of nitrogens with one attached hydrogen (secondary N) is 1. The largest absolute Gasteiger partial charge is 0.495 e. The number of halogens is 2. The molecule has 2 rings (SSSR count). The van der Waals surface area contributed by atoms with E-state index in [1.165, 1.54) is 0 Å². The van der Waals surface area contributed by atoms with E-state index in [0.717, 1.165) is 25.9 Å². The number of aromatic nitrogens is 1. The van der Waals surface area contributed by atoms with Gasteiger partial charge in [0.15, 0.2) is 0 Å². The van der Waals surface area contributed by atoms with Crippen molar-refractivity contribution in [2.45, 2.75) is 13.5 Å². The molecule has 0 saturated carbocycles. The normalized spacial score (nSPS) is 10.3. The Morgan fingerprint density at radius 1 is 1.24 bits per heavy atom. The molecule has 1 N–H and O–H groups in total. The molecule has 0 aliphatic carbocycles. The second-order valence-electron chi connectivity index (χ2n) is 4.25. The fraction of sp³-hybridized carbons (Fsp3) is 0.267. The van der Waals surface area contributed by atoms with E-state index in [1.54, 1.807) is 13.3 Å². The Morgan fingerprint density at radius 3 is 2.67 bits per heavy atom. The molecule has 0 aliphatic heterocycles. The van der Waals surface area contributed by atoms with Crippen LogP contribution < -0.4 is 14.8 Å². The van der Waals surface area contributed by atoms with Crippen LogP contribution in [0, 0.1) is 0 Å². The van der Waals surface area contributed by atoms with Crippen molar-refractivity contribution >= 4 is 37.5 Å². The molecule has 0 unspecified atom stereocenters. The quantitative estimate of drug-likeness (QED) is 0.747. The Morgan fingerprint density at radius 2 is 2.05 bits per heavy atom. The van der Waals surface area contributed by atoms with E-state index in [0.29, 0.717) is 19.0 Å². The van der Waals surface area contributed by atoms with Crippen LogP contribution in [-0.2, 0) is 6.54 Å². The van der Waals surface area contributed by atoms with Crippen LogP contribution in [0.15, 0.2) is 39.4 Å². The van der Waals surface area contributed by atoms with Crippen LogP contribution in [0.3, 0.4) is 0 Å². The molecule has 1 aromatic heterocycles. The monoisotopic (exact) mass is 414 g/mol. The number of hydrogen-bond donors (Lipinski definition) is 1. The molecule has 0 aliphatic rings. The molecule has 0 atom stereocenters. The first-order chi connectivity index (χ1) is 10.1. The molecule has 2 aromatic rings. The number of hydrogen-bond acceptors (Lipinski definition) is 4. The summed E-state index contributed by atoms with van der Waals surface area (Å²) in [6.07, 6.45) is 1.75. The summed E-state index contributed by atoms with van der Waals surface area (Å²) in [5.74, 6) is 1.45. The van der Waals surface area contributed by atoms with Crippen LogP contribution in [-0.4, -0.2) is 18.7 Å². The number of anilines is 1. The van der Waals surface area contributed by atoms with Crippen molar-refractivity contribution in [3.05, 3.63) is 45.0 Å². The summed E-state index contributed by atoms with van der Waals surface area (Å²) < 4.78 is 12.7. The fourth-order valence-corrected chi connectivity index (χ4v) is 3.36. The Bertz CT molecular complexity index is 603. The maximum absolute atomic E-state index is 5.43. The molecular weight excluding hydrogens is 400 g/mol. The van der Waals surface area contributed by atoms with Gasteiger partial charge in [-0.25, -0.2) is 4.98 Å². The van der Waals surface area contributed by atoms with Crippen molar-refractivity contribution in [1.82, 2.24) is 4.98 Å². The van der Waals surface area contributed by atoms with E-state index in [1.807, 2.05) is 31.2 Å². The van der Waals surface area contributed by atoms with E-state index in [2.05, 4.69) is 42.2 Å². The molecule has 1 aromatic carbocycles. The summed E-state index contributed by atoms with van der Waals surface area (Å²) in [6, 6.07) is 7.77. The maximum atomic E-state index is 5.43. The Balaban J connectivity index is 2.09. The van der Waals surface area contributed by atoms with Gasteiger partial charge in [-0.05, 0) is 41.1 Å².